The zero-order valence-corrected chi connectivity index (χ0v) is 39.1. The van der Waals surface area contributed by atoms with Gasteiger partial charge in [0.15, 0.2) is 0 Å². The van der Waals surface area contributed by atoms with E-state index in [1.54, 1.807) is 0 Å². The Morgan fingerprint density at radius 3 is 1.37 bits per heavy atom. The lowest BCUT2D eigenvalue weighted by molar-refractivity contribution is -0.151. The van der Waals surface area contributed by atoms with Gasteiger partial charge in [0.05, 0.1) is 25.2 Å². The Bertz CT molecular complexity index is 1020. The van der Waals surface area contributed by atoms with Crippen LogP contribution in [0, 0.1) is 0 Å². The van der Waals surface area contributed by atoms with Gasteiger partial charge in [-0.05, 0) is 64.2 Å². The first kappa shape index (κ1) is 56.8. The third kappa shape index (κ3) is 42.3. The number of nitrogens with one attached hydrogen (secondary N) is 1. The Labute approximate surface area is 366 Å². The van der Waals surface area contributed by atoms with Gasteiger partial charge >= 0.3 is 5.97 Å². The Morgan fingerprint density at radius 1 is 0.508 bits per heavy atom. The van der Waals surface area contributed by atoms with Crippen LogP contribution >= 0.6 is 0 Å². The summed E-state index contributed by atoms with van der Waals surface area (Å²) in [6.07, 6.45) is 56.0. The largest absolute Gasteiger partial charge is 0.462 e. The SMILES string of the molecule is CC/C=C/C/C=C/C/C=C/C/C=C/CCCCCC(=O)OC(CCCCCCCCCCCCCCCC)CC(=O)NC(CO)C(O)CCCCCCCCCCCC. The van der Waals surface area contributed by atoms with Crippen LogP contribution in [0.25, 0.3) is 0 Å². The van der Waals surface area contributed by atoms with Crippen molar-refractivity contribution in [1.82, 2.24) is 5.32 Å². The number of hydrogen-bond acceptors (Lipinski definition) is 5. The standard InChI is InChI=1S/C53H97NO5/c1-4-7-10-13-16-19-22-24-26-27-29-31-34-37-40-43-46-53(58)59-49(44-41-38-35-32-30-28-25-23-20-17-14-11-8-5-2)47-52(57)54-50(48-55)51(56)45-42-39-36-33-21-18-15-12-9-6-3/h7,10,16,19,24,26,29,31,49-51,55-56H,4-6,8-9,11-15,17-18,20-23,25,27-28,30,32-48H2,1-3H3,(H,54,57)/b10-7+,19-16+,26-24+,31-29+. The number of carbonyl (C=O) groups excluding carboxylic acids is 2. The Kier molecular flexibility index (Phi) is 45.1. The van der Waals surface area contributed by atoms with Crippen molar-refractivity contribution < 1.29 is 24.5 Å². The van der Waals surface area contributed by atoms with Crippen molar-refractivity contribution in [3.05, 3.63) is 48.6 Å². The minimum atomic E-state index is -0.790. The Hall–Kier alpha value is -2.18. The molecule has 0 saturated heterocycles. The van der Waals surface area contributed by atoms with E-state index in [0.29, 0.717) is 19.3 Å². The molecule has 0 aliphatic carbocycles. The molecule has 344 valence electrons. The number of unbranched alkanes of at least 4 members (excludes halogenated alkanes) is 25. The van der Waals surface area contributed by atoms with Crippen molar-refractivity contribution in [2.45, 2.75) is 270 Å². The van der Waals surface area contributed by atoms with Crippen LogP contribution in [0.5, 0.6) is 0 Å². The summed E-state index contributed by atoms with van der Waals surface area (Å²) in [5.41, 5.74) is 0. The molecule has 0 aromatic rings. The smallest absolute Gasteiger partial charge is 0.306 e. The lowest BCUT2D eigenvalue weighted by atomic mass is 10.0. The predicted octanol–water partition coefficient (Wildman–Crippen LogP) is 15.1. The lowest BCUT2D eigenvalue weighted by Crippen LogP contribution is -2.46. The minimum Gasteiger partial charge on any atom is -0.462 e. The average molecular weight is 828 g/mol. The zero-order chi connectivity index (χ0) is 43.1. The Balaban J connectivity index is 4.62. The van der Waals surface area contributed by atoms with Crippen LogP contribution in [0.3, 0.4) is 0 Å². The monoisotopic (exact) mass is 828 g/mol. The molecule has 3 atom stereocenters. The molecule has 0 rings (SSSR count). The van der Waals surface area contributed by atoms with E-state index in [-0.39, 0.29) is 24.9 Å². The number of allylic oxidation sites excluding steroid dienone is 8. The van der Waals surface area contributed by atoms with Crippen LogP contribution in [-0.4, -0.2) is 46.9 Å². The lowest BCUT2D eigenvalue weighted by Gasteiger charge is -2.24. The van der Waals surface area contributed by atoms with Crippen LogP contribution < -0.4 is 5.32 Å². The fourth-order valence-electron chi connectivity index (χ4n) is 7.60. The normalized spacial score (nSPS) is 13.6. The number of hydrogen-bond donors (Lipinski definition) is 3. The predicted molar refractivity (Wildman–Crippen MR) is 255 cm³/mol. The van der Waals surface area contributed by atoms with Crippen molar-refractivity contribution in [3.8, 4) is 0 Å². The summed E-state index contributed by atoms with van der Waals surface area (Å²) in [7, 11) is 0. The van der Waals surface area contributed by atoms with Crippen molar-refractivity contribution in [2.75, 3.05) is 6.61 Å². The van der Waals surface area contributed by atoms with E-state index in [1.165, 1.54) is 122 Å². The first-order chi connectivity index (χ1) is 29.0. The summed E-state index contributed by atoms with van der Waals surface area (Å²) in [6, 6.07) is -0.705. The van der Waals surface area contributed by atoms with Crippen molar-refractivity contribution in [3.63, 3.8) is 0 Å². The molecule has 6 nitrogen and oxygen atoms in total. The van der Waals surface area contributed by atoms with E-state index in [4.69, 9.17) is 4.74 Å². The van der Waals surface area contributed by atoms with Gasteiger partial charge < -0.3 is 20.3 Å². The van der Waals surface area contributed by atoms with Gasteiger partial charge in [-0.15, -0.1) is 0 Å². The number of rotatable bonds is 45. The molecule has 0 radical (unpaired) electrons. The third-order valence-corrected chi connectivity index (χ3v) is 11.4. The fraction of sp³-hybridized carbons (Fsp3) is 0.811. The number of esters is 1. The molecule has 3 N–H and O–H groups in total. The van der Waals surface area contributed by atoms with Gasteiger partial charge in [0, 0.05) is 6.42 Å². The van der Waals surface area contributed by atoms with Gasteiger partial charge in [-0.2, -0.15) is 0 Å². The first-order valence-electron chi connectivity index (χ1n) is 25.4. The van der Waals surface area contributed by atoms with E-state index in [9.17, 15) is 19.8 Å². The number of amides is 1. The minimum absolute atomic E-state index is 0.0670. The number of ether oxygens (including phenoxy) is 1. The highest BCUT2D eigenvalue weighted by molar-refractivity contribution is 5.77. The van der Waals surface area contributed by atoms with Crippen LogP contribution in [0.4, 0.5) is 0 Å². The van der Waals surface area contributed by atoms with E-state index in [2.05, 4.69) is 74.7 Å². The third-order valence-electron chi connectivity index (χ3n) is 11.4. The maximum atomic E-state index is 13.2. The van der Waals surface area contributed by atoms with Gasteiger partial charge in [-0.1, -0.05) is 223 Å². The summed E-state index contributed by atoms with van der Waals surface area (Å²) >= 11 is 0. The van der Waals surface area contributed by atoms with E-state index in [1.807, 2.05) is 0 Å². The number of aliphatic hydroxyl groups is 2. The second-order valence-corrected chi connectivity index (χ2v) is 17.2. The van der Waals surface area contributed by atoms with Crippen LogP contribution in [-0.2, 0) is 14.3 Å². The second-order valence-electron chi connectivity index (χ2n) is 17.2. The van der Waals surface area contributed by atoms with E-state index < -0.39 is 18.2 Å². The first-order valence-corrected chi connectivity index (χ1v) is 25.4. The van der Waals surface area contributed by atoms with Gasteiger partial charge in [0.1, 0.15) is 6.10 Å². The molecule has 0 bridgehead atoms. The van der Waals surface area contributed by atoms with E-state index in [0.717, 1.165) is 83.5 Å². The highest BCUT2D eigenvalue weighted by Gasteiger charge is 2.24. The van der Waals surface area contributed by atoms with Crippen LogP contribution in [0.1, 0.15) is 252 Å². The zero-order valence-electron chi connectivity index (χ0n) is 39.1. The van der Waals surface area contributed by atoms with Crippen molar-refractivity contribution in [2.24, 2.45) is 0 Å². The number of carbonyl (C=O) groups is 2. The molecule has 0 saturated carbocycles. The van der Waals surface area contributed by atoms with Gasteiger partial charge in [0.2, 0.25) is 5.91 Å². The maximum absolute atomic E-state index is 13.2. The molecular weight excluding hydrogens is 731 g/mol. The highest BCUT2D eigenvalue weighted by Crippen LogP contribution is 2.18. The molecule has 0 fully saturated rings. The summed E-state index contributed by atoms with van der Waals surface area (Å²) in [6.45, 7) is 6.36. The molecular formula is C53H97NO5. The van der Waals surface area contributed by atoms with Gasteiger partial charge in [0.25, 0.3) is 0 Å². The van der Waals surface area contributed by atoms with Crippen LogP contribution in [0.15, 0.2) is 48.6 Å². The van der Waals surface area contributed by atoms with Crippen molar-refractivity contribution in [1.29, 1.82) is 0 Å². The molecule has 0 aliphatic rings. The molecule has 0 aromatic carbocycles. The second kappa shape index (κ2) is 46.9. The molecule has 59 heavy (non-hydrogen) atoms. The molecule has 0 aliphatic heterocycles. The van der Waals surface area contributed by atoms with Crippen molar-refractivity contribution >= 4 is 11.9 Å². The Morgan fingerprint density at radius 2 is 0.915 bits per heavy atom. The molecule has 0 heterocycles. The highest BCUT2D eigenvalue weighted by atomic mass is 16.5. The van der Waals surface area contributed by atoms with Gasteiger partial charge in [-0.25, -0.2) is 0 Å². The van der Waals surface area contributed by atoms with Crippen LogP contribution in [0.2, 0.25) is 0 Å². The molecule has 0 aromatic heterocycles. The molecule has 0 spiro atoms. The molecule has 1 amide bonds. The molecule has 3 unspecified atom stereocenters. The van der Waals surface area contributed by atoms with Gasteiger partial charge in [-0.3, -0.25) is 9.59 Å². The maximum Gasteiger partial charge on any atom is 0.306 e. The summed E-state index contributed by atoms with van der Waals surface area (Å²) in [4.78, 5) is 26.1. The van der Waals surface area contributed by atoms with E-state index >= 15 is 0 Å². The topological polar surface area (TPSA) is 95.9 Å². The molecule has 6 heteroatoms. The quantitative estimate of drug-likeness (QED) is 0.0323. The average Bonchev–Trinajstić information content (AvgIpc) is 3.23. The number of aliphatic hydroxyl groups excluding tert-OH is 2. The summed E-state index contributed by atoms with van der Waals surface area (Å²) in [5.74, 6) is -0.503. The summed E-state index contributed by atoms with van der Waals surface area (Å²) in [5, 5.41) is 23.7. The summed E-state index contributed by atoms with van der Waals surface area (Å²) < 4.78 is 5.92. The fourth-order valence-corrected chi connectivity index (χ4v) is 7.60.